The first-order valence-electron chi connectivity index (χ1n) is 4.75. The lowest BCUT2D eigenvalue weighted by Crippen LogP contribution is -1.81. The molecule has 0 amide bonds. The molecule has 0 fully saturated rings. The summed E-state index contributed by atoms with van der Waals surface area (Å²) in [6.45, 7) is 0. The van der Waals surface area contributed by atoms with Crippen LogP contribution >= 0.6 is 15.9 Å². The van der Waals surface area contributed by atoms with Gasteiger partial charge >= 0.3 is 0 Å². The number of nitrogens with zero attached hydrogens (tertiary/aromatic N) is 3. The number of nitrogens with one attached hydrogen (secondary N) is 1. The number of hydrogen-bond donors (Lipinski definition) is 1. The molecule has 3 aromatic rings. The molecule has 1 aromatic carbocycles. The molecule has 0 unspecified atom stereocenters. The minimum Gasteiger partial charge on any atom is -0.335 e. The van der Waals surface area contributed by atoms with Crippen molar-refractivity contribution in [2.75, 3.05) is 0 Å². The van der Waals surface area contributed by atoms with Crippen LogP contribution < -0.4 is 0 Å². The highest BCUT2D eigenvalue weighted by Gasteiger charge is 2.08. The summed E-state index contributed by atoms with van der Waals surface area (Å²) in [6.07, 6.45) is 3.21. The summed E-state index contributed by atoms with van der Waals surface area (Å²) in [5, 5.41) is 0. The standard InChI is InChI=1S/C11H7BrN4/c12-8-4-2-1-3-7(8)10-15-9-5-13-6-14-11(9)16-10/h1-6H,(H,13,14,15,16). The van der Waals surface area contributed by atoms with E-state index in [1.165, 1.54) is 6.33 Å². The summed E-state index contributed by atoms with van der Waals surface area (Å²) in [6, 6.07) is 7.92. The van der Waals surface area contributed by atoms with Gasteiger partial charge in [0.05, 0.1) is 6.20 Å². The molecule has 2 heterocycles. The van der Waals surface area contributed by atoms with Crippen molar-refractivity contribution in [2.45, 2.75) is 0 Å². The third kappa shape index (κ3) is 1.49. The molecule has 16 heavy (non-hydrogen) atoms. The Kier molecular flexibility index (Phi) is 2.18. The maximum atomic E-state index is 4.41. The fraction of sp³-hybridized carbons (Fsp3) is 0. The predicted molar refractivity (Wildman–Crippen MR) is 64.8 cm³/mol. The summed E-state index contributed by atoms with van der Waals surface area (Å²) in [4.78, 5) is 15.6. The Bertz CT molecular complexity index is 614. The van der Waals surface area contributed by atoms with E-state index in [0.29, 0.717) is 5.65 Å². The molecular formula is C11H7BrN4. The third-order valence-electron chi connectivity index (χ3n) is 2.29. The van der Waals surface area contributed by atoms with Crippen molar-refractivity contribution in [2.24, 2.45) is 0 Å². The van der Waals surface area contributed by atoms with Gasteiger partial charge < -0.3 is 4.98 Å². The topological polar surface area (TPSA) is 54.5 Å². The summed E-state index contributed by atoms with van der Waals surface area (Å²) in [5.74, 6) is 0.794. The van der Waals surface area contributed by atoms with E-state index in [-0.39, 0.29) is 0 Å². The van der Waals surface area contributed by atoms with Gasteiger partial charge in [-0.3, -0.25) is 0 Å². The Hall–Kier alpha value is -1.75. The van der Waals surface area contributed by atoms with Gasteiger partial charge in [0.1, 0.15) is 17.7 Å². The molecule has 78 valence electrons. The number of halogens is 1. The Morgan fingerprint density at radius 1 is 1.19 bits per heavy atom. The Balaban J connectivity index is 2.23. The molecule has 0 saturated heterocycles. The molecule has 0 spiro atoms. The number of rotatable bonds is 1. The SMILES string of the molecule is Brc1ccccc1-c1nc2ncncc2[nH]1. The second-order valence-electron chi connectivity index (χ2n) is 3.33. The number of hydrogen-bond acceptors (Lipinski definition) is 3. The zero-order valence-electron chi connectivity index (χ0n) is 8.18. The lowest BCUT2D eigenvalue weighted by atomic mass is 10.2. The first kappa shape index (κ1) is 9.47. The van der Waals surface area contributed by atoms with E-state index >= 15 is 0 Å². The van der Waals surface area contributed by atoms with Crippen LogP contribution in [0.3, 0.4) is 0 Å². The van der Waals surface area contributed by atoms with E-state index in [0.717, 1.165) is 21.4 Å². The monoisotopic (exact) mass is 274 g/mol. The Morgan fingerprint density at radius 2 is 2.06 bits per heavy atom. The van der Waals surface area contributed by atoms with Crippen LogP contribution in [0.4, 0.5) is 0 Å². The van der Waals surface area contributed by atoms with Crippen LogP contribution in [0, 0.1) is 0 Å². The lowest BCUT2D eigenvalue weighted by molar-refractivity contribution is 1.20. The number of aromatic nitrogens is 4. The van der Waals surface area contributed by atoms with Crippen LogP contribution in [0.5, 0.6) is 0 Å². The van der Waals surface area contributed by atoms with Crippen LogP contribution in [0.25, 0.3) is 22.6 Å². The molecule has 0 saturated carbocycles. The number of benzene rings is 1. The molecule has 1 N–H and O–H groups in total. The Labute approximate surface area is 99.9 Å². The van der Waals surface area contributed by atoms with Crippen LogP contribution in [0.1, 0.15) is 0 Å². The number of fused-ring (bicyclic) bond motifs is 1. The smallest absolute Gasteiger partial charge is 0.181 e. The Morgan fingerprint density at radius 3 is 2.88 bits per heavy atom. The van der Waals surface area contributed by atoms with E-state index in [1.54, 1.807) is 6.20 Å². The van der Waals surface area contributed by atoms with Crippen molar-refractivity contribution in [1.29, 1.82) is 0 Å². The molecule has 0 aliphatic carbocycles. The minimum absolute atomic E-state index is 0.681. The average molecular weight is 275 g/mol. The fourth-order valence-electron chi connectivity index (χ4n) is 1.54. The van der Waals surface area contributed by atoms with Crippen LogP contribution in [0.2, 0.25) is 0 Å². The molecule has 4 nitrogen and oxygen atoms in total. The number of imidazole rings is 1. The van der Waals surface area contributed by atoms with Gasteiger partial charge in [0.2, 0.25) is 0 Å². The van der Waals surface area contributed by atoms with Gasteiger partial charge in [0.15, 0.2) is 5.65 Å². The highest BCUT2D eigenvalue weighted by Crippen LogP contribution is 2.26. The van der Waals surface area contributed by atoms with E-state index in [2.05, 4.69) is 35.9 Å². The van der Waals surface area contributed by atoms with Crippen LogP contribution in [-0.2, 0) is 0 Å². The van der Waals surface area contributed by atoms with Gasteiger partial charge in [0, 0.05) is 10.0 Å². The quantitative estimate of drug-likeness (QED) is 0.743. The third-order valence-corrected chi connectivity index (χ3v) is 2.98. The maximum Gasteiger partial charge on any atom is 0.181 e. The van der Waals surface area contributed by atoms with Crippen molar-refractivity contribution >= 4 is 27.1 Å². The van der Waals surface area contributed by atoms with E-state index < -0.39 is 0 Å². The molecule has 2 aromatic heterocycles. The predicted octanol–water partition coefficient (Wildman–Crippen LogP) is 2.78. The van der Waals surface area contributed by atoms with Gasteiger partial charge in [-0.2, -0.15) is 0 Å². The van der Waals surface area contributed by atoms with E-state index in [4.69, 9.17) is 0 Å². The van der Waals surface area contributed by atoms with Gasteiger partial charge in [0.25, 0.3) is 0 Å². The number of H-pyrrole nitrogens is 1. The van der Waals surface area contributed by atoms with Crippen molar-refractivity contribution < 1.29 is 0 Å². The van der Waals surface area contributed by atoms with E-state index in [9.17, 15) is 0 Å². The first-order valence-corrected chi connectivity index (χ1v) is 5.54. The maximum absolute atomic E-state index is 4.41. The molecule has 3 rings (SSSR count). The fourth-order valence-corrected chi connectivity index (χ4v) is 2.02. The summed E-state index contributed by atoms with van der Waals surface area (Å²) in [7, 11) is 0. The van der Waals surface area contributed by atoms with Crippen molar-refractivity contribution in [3.63, 3.8) is 0 Å². The first-order chi connectivity index (χ1) is 7.84. The van der Waals surface area contributed by atoms with Crippen molar-refractivity contribution in [3.05, 3.63) is 41.3 Å². The van der Waals surface area contributed by atoms with Gasteiger partial charge in [-0.15, -0.1) is 0 Å². The normalized spacial score (nSPS) is 10.8. The van der Waals surface area contributed by atoms with E-state index in [1.807, 2.05) is 24.3 Å². The van der Waals surface area contributed by atoms with Crippen LogP contribution in [-0.4, -0.2) is 19.9 Å². The second-order valence-corrected chi connectivity index (χ2v) is 4.18. The van der Waals surface area contributed by atoms with Gasteiger partial charge in [-0.1, -0.05) is 34.1 Å². The van der Waals surface area contributed by atoms with Crippen LogP contribution in [0.15, 0.2) is 41.3 Å². The average Bonchev–Trinajstić information content (AvgIpc) is 2.73. The minimum atomic E-state index is 0.681. The summed E-state index contributed by atoms with van der Waals surface area (Å²) in [5.41, 5.74) is 2.54. The lowest BCUT2D eigenvalue weighted by Gasteiger charge is -1.98. The molecule has 5 heteroatoms. The van der Waals surface area contributed by atoms with Crippen molar-refractivity contribution in [1.82, 2.24) is 19.9 Å². The molecule has 0 bridgehead atoms. The number of aromatic amines is 1. The molecule has 0 aliphatic rings. The second kappa shape index (κ2) is 3.68. The molecule has 0 aliphatic heterocycles. The zero-order chi connectivity index (χ0) is 11.0. The summed E-state index contributed by atoms with van der Waals surface area (Å²) < 4.78 is 1.00. The zero-order valence-corrected chi connectivity index (χ0v) is 9.77. The van der Waals surface area contributed by atoms with Crippen molar-refractivity contribution in [3.8, 4) is 11.4 Å². The van der Waals surface area contributed by atoms with Gasteiger partial charge in [-0.25, -0.2) is 15.0 Å². The summed E-state index contributed by atoms with van der Waals surface area (Å²) >= 11 is 3.49. The molecule has 0 atom stereocenters. The molecular weight excluding hydrogens is 268 g/mol. The highest BCUT2D eigenvalue weighted by molar-refractivity contribution is 9.10. The van der Waals surface area contributed by atoms with Gasteiger partial charge in [-0.05, 0) is 6.07 Å². The molecule has 0 radical (unpaired) electrons. The highest BCUT2D eigenvalue weighted by atomic mass is 79.9. The largest absolute Gasteiger partial charge is 0.335 e.